The molecule has 0 aromatic heterocycles. The van der Waals surface area contributed by atoms with E-state index in [4.69, 9.17) is 9.84 Å². The van der Waals surface area contributed by atoms with Crippen molar-refractivity contribution in [1.82, 2.24) is 10.2 Å². The van der Waals surface area contributed by atoms with Crippen molar-refractivity contribution in [2.75, 3.05) is 13.7 Å². The zero-order valence-electron chi connectivity index (χ0n) is 15.3. The maximum Gasteiger partial charge on any atom is 0.352 e. The molecule has 9 nitrogen and oxygen atoms in total. The van der Waals surface area contributed by atoms with Crippen LogP contribution in [0.2, 0.25) is 0 Å². The van der Waals surface area contributed by atoms with Crippen molar-refractivity contribution in [3.05, 3.63) is 35.6 Å². The second kappa shape index (κ2) is 9.07. The normalized spacial score (nSPS) is 19.0. The molecule has 0 aliphatic carbocycles. The maximum atomic E-state index is 13.3. The number of carboxylic acid groups (broad SMARTS) is 1. The molecular formula is C18H20FN3O6. The van der Waals surface area contributed by atoms with Crippen molar-refractivity contribution >= 4 is 29.7 Å². The topological polar surface area (TPSA) is 125 Å². The Balaban J connectivity index is 2.37. The second-order valence-electron chi connectivity index (χ2n) is 6.13. The van der Waals surface area contributed by atoms with Crippen molar-refractivity contribution < 1.29 is 33.4 Å². The molecule has 0 fully saturated rings. The van der Waals surface area contributed by atoms with Crippen LogP contribution in [0.4, 0.5) is 14.0 Å². The van der Waals surface area contributed by atoms with E-state index in [0.717, 1.165) is 17.0 Å². The van der Waals surface area contributed by atoms with Gasteiger partial charge < -0.3 is 15.2 Å². The van der Waals surface area contributed by atoms with Crippen LogP contribution < -0.4 is 5.32 Å². The van der Waals surface area contributed by atoms with Crippen LogP contribution in [0.15, 0.2) is 29.3 Å². The minimum absolute atomic E-state index is 0.0106. The van der Waals surface area contributed by atoms with Gasteiger partial charge in [0.05, 0.1) is 13.2 Å². The molecule has 2 atom stereocenters. The third-order valence-electron chi connectivity index (χ3n) is 4.25. The fraction of sp³-hybridized carbons (Fsp3) is 0.389. The van der Waals surface area contributed by atoms with Crippen LogP contribution in [0.1, 0.15) is 31.4 Å². The van der Waals surface area contributed by atoms with E-state index < -0.39 is 41.8 Å². The van der Waals surface area contributed by atoms with E-state index in [2.05, 4.69) is 10.3 Å². The lowest BCUT2D eigenvalue weighted by Crippen LogP contribution is -2.52. The Hall–Kier alpha value is -3.30. The van der Waals surface area contributed by atoms with Crippen molar-refractivity contribution in [1.29, 1.82) is 0 Å². The zero-order chi connectivity index (χ0) is 20.8. The van der Waals surface area contributed by atoms with Gasteiger partial charge in [-0.1, -0.05) is 12.1 Å². The summed E-state index contributed by atoms with van der Waals surface area (Å²) < 4.78 is 18.1. The number of urea groups is 2. The van der Waals surface area contributed by atoms with E-state index in [0.29, 0.717) is 5.56 Å². The van der Waals surface area contributed by atoms with Crippen LogP contribution in [-0.2, 0) is 14.3 Å². The van der Waals surface area contributed by atoms with Crippen LogP contribution in [0.25, 0.3) is 0 Å². The SMILES string of the molecule is COC(=O)C1C(C)=NC(=O)N(C(=O)NCCCC(=O)O)C1c1ccc(F)cc1. The number of carbonyl (C=O) groups excluding carboxylic acids is 3. The molecule has 150 valence electrons. The highest BCUT2D eigenvalue weighted by Gasteiger charge is 2.45. The summed E-state index contributed by atoms with van der Waals surface area (Å²) in [7, 11) is 1.17. The lowest BCUT2D eigenvalue weighted by atomic mass is 9.87. The summed E-state index contributed by atoms with van der Waals surface area (Å²) >= 11 is 0. The number of aliphatic carboxylic acids is 1. The predicted molar refractivity (Wildman–Crippen MR) is 95.3 cm³/mol. The molecule has 1 aromatic rings. The van der Waals surface area contributed by atoms with Gasteiger partial charge in [0.15, 0.2) is 0 Å². The van der Waals surface area contributed by atoms with Crippen LogP contribution in [0.3, 0.4) is 0 Å². The summed E-state index contributed by atoms with van der Waals surface area (Å²) in [5, 5.41) is 11.1. The molecule has 1 aliphatic heterocycles. The van der Waals surface area contributed by atoms with Gasteiger partial charge in [-0.3, -0.25) is 9.59 Å². The molecule has 0 bridgehead atoms. The van der Waals surface area contributed by atoms with Crippen LogP contribution in [-0.4, -0.2) is 53.4 Å². The number of carboxylic acids is 1. The number of halogens is 1. The number of esters is 1. The van der Waals surface area contributed by atoms with Gasteiger partial charge in [0.25, 0.3) is 0 Å². The molecular weight excluding hydrogens is 373 g/mol. The molecule has 2 rings (SSSR count). The van der Waals surface area contributed by atoms with Crippen LogP contribution >= 0.6 is 0 Å². The lowest BCUT2D eigenvalue weighted by Gasteiger charge is -2.36. The first-order chi connectivity index (χ1) is 13.3. The Morgan fingerprint density at radius 1 is 1.29 bits per heavy atom. The molecule has 4 amide bonds. The number of aliphatic imine (C=N–C) groups is 1. The third-order valence-corrected chi connectivity index (χ3v) is 4.25. The zero-order valence-corrected chi connectivity index (χ0v) is 15.3. The highest BCUT2D eigenvalue weighted by Crippen LogP contribution is 2.35. The van der Waals surface area contributed by atoms with Gasteiger partial charge in [-0.25, -0.2) is 23.9 Å². The summed E-state index contributed by atoms with van der Waals surface area (Å²) in [6.07, 6.45) is 0.00467. The van der Waals surface area contributed by atoms with E-state index >= 15 is 0 Å². The molecule has 0 saturated heterocycles. The van der Waals surface area contributed by atoms with Gasteiger partial charge in [-0.15, -0.1) is 0 Å². The Bertz CT molecular complexity index is 808. The summed E-state index contributed by atoms with van der Waals surface area (Å²) in [4.78, 5) is 52.5. The molecule has 1 heterocycles. The highest BCUT2D eigenvalue weighted by molar-refractivity contribution is 6.11. The van der Waals surface area contributed by atoms with Gasteiger partial charge in [-0.05, 0) is 31.0 Å². The molecule has 2 N–H and O–H groups in total. The van der Waals surface area contributed by atoms with E-state index in [9.17, 15) is 23.6 Å². The summed E-state index contributed by atoms with van der Waals surface area (Å²) in [5.41, 5.74) is 0.515. The van der Waals surface area contributed by atoms with Gasteiger partial charge in [-0.2, -0.15) is 0 Å². The van der Waals surface area contributed by atoms with Crippen molar-refractivity contribution in [3.63, 3.8) is 0 Å². The van der Waals surface area contributed by atoms with Crippen molar-refractivity contribution in [2.24, 2.45) is 10.9 Å². The molecule has 28 heavy (non-hydrogen) atoms. The van der Waals surface area contributed by atoms with Gasteiger partial charge in [0.2, 0.25) is 0 Å². The van der Waals surface area contributed by atoms with Crippen LogP contribution in [0, 0.1) is 11.7 Å². The number of ether oxygens (including phenoxy) is 1. The van der Waals surface area contributed by atoms with E-state index in [1.54, 1.807) is 0 Å². The average Bonchev–Trinajstić information content (AvgIpc) is 2.64. The van der Waals surface area contributed by atoms with Crippen molar-refractivity contribution in [3.8, 4) is 0 Å². The molecule has 1 aromatic carbocycles. The largest absolute Gasteiger partial charge is 0.481 e. The van der Waals surface area contributed by atoms with Crippen LogP contribution in [0.5, 0.6) is 0 Å². The molecule has 0 radical (unpaired) electrons. The first-order valence-corrected chi connectivity index (χ1v) is 8.47. The number of nitrogens with one attached hydrogen (secondary N) is 1. The van der Waals surface area contributed by atoms with Gasteiger partial charge >= 0.3 is 24.0 Å². The fourth-order valence-electron chi connectivity index (χ4n) is 2.93. The predicted octanol–water partition coefficient (Wildman–Crippen LogP) is 2.13. The van der Waals surface area contributed by atoms with E-state index in [1.165, 1.54) is 26.2 Å². The smallest absolute Gasteiger partial charge is 0.352 e. The highest BCUT2D eigenvalue weighted by atomic mass is 19.1. The molecule has 1 aliphatic rings. The quantitative estimate of drug-likeness (QED) is 0.563. The number of hydrogen-bond acceptors (Lipinski definition) is 5. The van der Waals surface area contributed by atoms with E-state index in [-0.39, 0.29) is 25.1 Å². The number of hydrogen-bond donors (Lipinski definition) is 2. The van der Waals surface area contributed by atoms with Crippen molar-refractivity contribution in [2.45, 2.75) is 25.8 Å². The molecule has 2 unspecified atom stereocenters. The Morgan fingerprint density at radius 2 is 1.93 bits per heavy atom. The molecule has 0 spiro atoms. The molecule has 0 saturated carbocycles. The number of amides is 4. The second-order valence-corrected chi connectivity index (χ2v) is 6.13. The number of imide groups is 1. The Kier molecular flexibility index (Phi) is 6.80. The monoisotopic (exact) mass is 393 g/mol. The first kappa shape index (κ1) is 21.0. The Morgan fingerprint density at radius 3 is 2.50 bits per heavy atom. The number of carbonyl (C=O) groups is 4. The minimum Gasteiger partial charge on any atom is -0.481 e. The van der Waals surface area contributed by atoms with E-state index in [1.807, 2.05) is 0 Å². The lowest BCUT2D eigenvalue weighted by molar-refractivity contribution is -0.144. The summed E-state index contributed by atoms with van der Waals surface area (Å²) in [6.45, 7) is 1.48. The standard InChI is InChI=1S/C18H20FN3O6/c1-10-14(16(25)28-2)15(11-5-7-12(19)8-6-11)22(18(27)21-10)17(26)20-9-3-4-13(23)24/h5-8,14-15H,3-4,9H2,1-2H3,(H,20,26)(H,23,24). The number of benzene rings is 1. The van der Waals surface area contributed by atoms with Gasteiger partial charge in [0.1, 0.15) is 11.7 Å². The number of methoxy groups -OCH3 is 1. The number of rotatable bonds is 6. The average molecular weight is 393 g/mol. The molecule has 10 heteroatoms. The maximum absolute atomic E-state index is 13.3. The summed E-state index contributed by atoms with van der Waals surface area (Å²) in [5.74, 6) is -3.29. The third kappa shape index (κ3) is 4.70. The van der Waals surface area contributed by atoms with Gasteiger partial charge in [0, 0.05) is 18.7 Å². The first-order valence-electron chi connectivity index (χ1n) is 8.47. The minimum atomic E-state index is -1.09. The Labute approximate surface area is 160 Å². The number of nitrogens with zero attached hydrogens (tertiary/aromatic N) is 2. The summed E-state index contributed by atoms with van der Waals surface area (Å²) in [6, 6.07) is 2.23. The fourth-order valence-corrected chi connectivity index (χ4v) is 2.93.